The summed E-state index contributed by atoms with van der Waals surface area (Å²) in [6.45, 7) is 4.08. The third-order valence-corrected chi connectivity index (χ3v) is 4.22. The standard InChI is InChI=1S/C15H20BrNO2/c1-12-2-4-13(5-3-12)6-7-15(18)17-8-9-19-11-14(17)10-16/h2-5,14H,6-11H2,1H3. The normalized spacial score (nSPS) is 19.5. The number of carbonyl (C=O) groups excluding carboxylic acids is 1. The molecule has 1 aromatic rings. The number of benzene rings is 1. The number of carbonyl (C=O) groups is 1. The Hall–Kier alpha value is -0.870. The molecule has 1 aromatic carbocycles. The molecular formula is C15H20BrNO2. The highest BCUT2D eigenvalue weighted by Crippen LogP contribution is 2.13. The number of alkyl halides is 1. The van der Waals surface area contributed by atoms with Crippen LogP contribution in [0.4, 0.5) is 0 Å². The van der Waals surface area contributed by atoms with Crippen LogP contribution in [0.25, 0.3) is 0 Å². The van der Waals surface area contributed by atoms with Crippen molar-refractivity contribution in [2.24, 2.45) is 0 Å². The SMILES string of the molecule is Cc1ccc(CCC(=O)N2CCOCC2CBr)cc1. The largest absolute Gasteiger partial charge is 0.377 e. The predicted molar refractivity (Wildman–Crippen MR) is 79.6 cm³/mol. The average molecular weight is 326 g/mol. The molecule has 104 valence electrons. The second-order valence-electron chi connectivity index (χ2n) is 4.96. The number of ether oxygens (including phenoxy) is 1. The molecule has 0 spiro atoms. The maximum absolute atomic E-state index is 12.3. The highest BCUT2D eigenvalue weighted by Gasteiger charge is 2.25. The predicted octanol–water partition coefficient (Wildman–Crippen LogP) is 2.55. The van der Waals surface area contributed by atoms with Crippen molar-refractivity contribution >= 4 is 21.8 Å². The summed E-state index contributed by atoms with van der Waals surface area (Å²) in [4.78, 5) is 14.2. The summed E-state index contributed by atoms with van der Waals surface area (Å²) in [5.74, 6) is 0.230. The molecule has 0 aliphatic carbocycles. The molecule has 4 heteroatoms. The Morgan fingerprint density at radius 1 is 1.42 bits per heavy atom. The van der Waals surface area contributed by atoms with Crippen molar-refractivity contribution in [3.63, 3.8) is 0 Å². The fraction of sp³-hybridized carbons (Fsp3) is 0.533. The van der Waals surface area contributed by atoms with Crippen molar-refractivity contribution in [1.82, 2.24) is 4.90 Å². The minimum atomic E-state index is 0.180. The van der Waals surface area contributed by atoms with Gasteiger partial charge < -0.3 is 9.64 Å². The van der Waals surface area contributed by atoms with E-state index in [1.165, 1.54) is 11.1 Å². The van der Waals surface area contributed by atoms with Crippen molar-refractivity contribution in [3.05, 3.63) is 35.4 Å². The topological polar surface area (TPSA) is 29.5 Å². The van der Waals surface area contributed by atoms with Gasteiger partial charge in [0.2, 0.25) is 5.91 Å². The van der Waals surface area contributed by atoms with Gasteiger partial charge in [0.15, 0.2) is 0 Å². The molecule has 2 rings (SSSR count). The fourth-order valence-electron chi connectivity index (χ4n) is 2.26. The van der Waals surface area contributed by atoms with E-state index in [1.807, 2.05) is 4.90 Å². The molecule has 19 heavy (non-hydrogen) atoms. The van der Waals surface area contributed by atoms with Gasteiger partial charge >= 0.3 is 0 Å². The molecule has 1 atom stereocenters. The summed E-state index contributed by atoms with van der Waals surface area (Å²) < 4.78 is 5.41. The lowest BCUT2D eigenvalue weighted by Crippen LogP contribution is -2.49. The summed E-state index contributed by atoms with van der Waals surface area (Å²) in [5, 5.41) is 0.781. The van der Waals surface area contributed by atoms with E-state index in [2.05, 4.69) is 47.1 Å². The minimum Gasteiger partial charge on any atom is -0.377 e. The number of hydrogen-bond donors (Lipinski definition) is 0. The molecule has 0 N–H and O–H groups in total. The van der Waals surface area contributed by atoms with Crippen LogP contribution in [0.1, 0.15) is 17.5 Å². The van der Waals surface area contributed by atoms with Gasteiger partial charge in [-0.3, -0.25) is 4.79 Å². The van der Waals surface area contributed by atoms with Crippen LogP contribution in [0.3, 0.4) is 0 Å². The number of rotatable bonds is 4. The highest BCUT2D eigenvalue weighted by atomic mass is 79.9. The molecule has 3 nitrogen and oxygen atoms in total. The van der Waals surface area contributed by atoms with Gasteiger partial charge in [0.05, 0.1) is 19.3 Å². The third-order valence-electron chi connectivity index (χ3n) is 3.47. The second-order valence-corrected chi connectivity index (χ2v) is 5.60. The van der Waals surface area contributed by atoms with Crippen LogP contribution in [0.5, 0.6) is 0 Å². The van der Waals surface area contributed by atoms with Gasteiger partial charge in [-0.2, -0.15) is 0 Å². The van der Waals surface area contributed by atoms with E-state index in [-0.39, 0.29) is 11.9 Å². The molecule has 1 heterocycles. The van der Waals surface area contributed by atoms with E-state index < -0.39 is 0 Å². The number of amides is 1. The zero-order valence-electron chi connectivity index (χ0n) is 11.3. The van der Waals surface area contributed by atoms with Crippen molar-refractivity contribution in [2.45, 2.75) is 25.8 Å². The van der Waals surface area contributed by atoms with Crippen LogP contribution in [0.2, 0.25) is 0 Å². The summed E-state index contributed by atoms with van der Waals surface area (Å²) in [7, 11) is 0. The Morgan fingerprint density at radius 3 is 2.84 bits per heavy atom. The average Bonchev–Trinajstić information content (AvgIpc) is 2.46. The quantitative estimate of drug-likeness (QED) is 0.796. The van der Waals surface area contributed by atoms with Gasteiger partial charge in [0.25, 0.3) is 0 Å². The Bertz CT molecular complexity index is 419. The van der Waals surface area contributed by atoms with Crippen LogP contribution < -0.4 is 0 Å². The minimum absolute atomic E-state index is 0.180. The molecule has 1 aliphatic rings. The zero-order valence-corrected chi connectivity index (χ0v) is 12.9. The van der Waals surface area contributed by atoms with Crippen LogP contribution in [-0.4, -0.2) is 41.9 Å². The Balaban J connectivity index is 1.87. The molecule has 1 saturated heterocycles. The summed E-state index contributed by atoms with van der Waals surface area (Å²) >= 11 is 3.45. The van der Waals surface area contributed by atoms with Gasteiger partial charge in [-0.05, 0) is 18.9 Å². The van der Waals surface area contributed by atoms with Crippen LogP contribution in [-0.2, 0) is 16.0 Å². The Morgan fingerprint density at radius 2 is 2.16 bits per heavy atom. The Kier molecular flexibility index (Phi) is 5.40. The summed E-state index contributed by atoms with van der Waals surface area (Å²) in [5.41, 5.74) is 2.48. The smallest absolute Gasteiger partial charge is 0.223 e. The van der Waals surface area contributed by atoms with Crippen molar-refractivity contribution in [1.29, 1.82) is 0 Å². The third kappa shape index (κ3) is 4.05. The van der Waals surface area contributed by atoms with Crippen LogP contribution >= 0.6 is 15.9 Å². The molecular weight excluding hydrogens is 306 g/mol. The Labute approximate surface area is 123 Å². The lowest BCUT2D eigenvalue weighted by molar-refractivity contribution is -0.138. The molecule has 1 unspecified atom stereocenters. The van der Waals surface area contributed by atoms with E-state index >= 15 is 0 Å². The monoisotopic (exact) mass is 325 g/mol. The molecule has 1 amide bonds. The molecule has 0 saturated carbocycles. The number of morpholine rings is 1. The first-order chi connectivity index (χ1) is 9.20. The van der Waals surface area contributed by atoms with Gasteiger partial charge in [-0.15, -0.1) is 0 Å². The first-order valence-corrected chi connectivity index (χ1v) is 7.81. The maximum Gasteiger partial charge on any atom is 0.223 e. The fourth-order valence-corrected chi connectivity index (χ4v) is 2.80. The lowest BCUT2D eigenvalue weighted by atomic mass is 10.1. The number of nitrogens with zero attached hydrogens (tertiary/aromatic N) is 1. The van der Waals surface area contributed by atoms with E-state index in [0.717, 1.165) is 11.8 Å². The molecule has 1 fully saturated rings. The van der Waals surface area contributed by atoms with Crippen molar-refractivity contribution < 1.29 is 9.53 Å². The molecule has 0 aromatic heterocycles. The van der Waals surface area contributed by atoms with E-state index in [0.29, 0.717) is 26.2 Å². The molecule has 0 radical (unpaired) electrons. The van der Waals surface area contributed by atoms with Crippen LogP contribution in [0.15, 0.2) is 24.3 Å². The van der Waals surface area contributed by atoms with Gasteiger partial charge in [0.1, 0.15) is 0 Å². The van der Waals surface area contributed by atoms with E-state index in [1.54, 1.807) is 0 Å². The van der Waals surface area contributed by atoms with E-state index in [9.17, 15) is 4.79 Å². The lowest BCUT2D eigenvalue weighted by Gasteiger charge is -2.34. The zero-order chi connectivity index (χ0) is 13.7. The summed E-state index contributed by atoms with van der Waals surface area (Å²) in [6, 6.07) is 8.57. The van der Waals surface area contributed by atoms with Crippen LogP contribution in [0, 0.1) is 6.92 Å². The second kappa shape index (κ2) is 7.06. The number of hydrogen-bond acceptors (Lipinski definition) is 2. The number of aryl methyl sites for hydroxylation is 2. The van der Waals surface area contributed by atoms with Gasteiger partial charge in [-0.25, -0.2) is 0 Å². The highest BCUT2D eigenvalue weighted by molar-refractivity contribution is 9.09. The van der Waals surface area contributed by atoms with Gasteiger partial charge in [-0.1, -0.05) is 45.8 Å². The van der Waals surface area contributed by atoms with Crippen molar-refractivity contribution in [3.8, 4) is 0 Å². The van der Waals surface area contributed by atoms with Crippen molar-refractivity contribution in [2.75, 3.05) is 25.1 Å². The first kappa shape index (κ1) is 14.5. The first-order valence-electron chi connectivity index (χ1n) is 6.69. The molecule has 0 bridgehead atoms. The maximum atomic E-state index is 12.3. The molecule has 1 aliphatic heterocycles. The number of halogens is 1. The van der Waals surface area contributed by atoms with Gasteiger partial charge in [0, 0.05) is 18.3 Å². The van der Waals surface area contributed by atoms with E-state index in [4.69, 9.17) is 4.74 Å². The summed E-state index contributed by atoms with van der Waals surface area (Å²) in [6.07, 6.45) is 1.39.